The zero-order valence-corrected chi connectivity index (χ0v) is 52.9. The normalized spacial score (nSPS) is 14.7. The summed E-state index contributed by atoms with van der Waals surface area (Å²) >= 11 is 0. The highest BCUT2D eigenvalue weighted by Gasteiger charge is 2.09. The Labute approximate surface area is 556 Å². The van der Waals surface area contributed by atoms with Gasteiger partial charge in [-0.1, -0.05) is 0 Å². The van der Waals surface area contributed by atoms with Gasteiger partial charge in [-0.3, -0.25) is 39.9 Å². The second kappa shape index (κ2) is 36.2. The first-order valence-corrected chi connectivity index (χ1v) is 31.4. The van der Waals surface area contributed by atoms with Gasteiger partial charge in [0.1, 0.15) is 46.0 Å². The van der Waals surface area contributed by atoms with Gasteiger partial charge in [0.25, 0.3) is 0 Å². The van der Waals surface area contributed by atoms with Gasteiger partial charge >= 0.3 is 0 Å². The minimum atomic E-state index is 0.0844. The third-order valence-electron chi connectivity index (χ3n) is 14.6. The number of aromatic hydroxyl groups is 8. The van der Waals surface area contributed by atoms with Gasteiger partial charge < -0.3 is 83.4 Å². The van der Waals surface area contributed by atoms with E-state index in [1.54, 1.807) is 147 Å². The number of fused-ring (bicyclic) bond motifs is 16. The van der Waals surface area contributed by atoms with Gasteiger partial charge in [-0.25, -0.2) is 0 Å². The monoisotopic (exact) mass is 1300 g/mol. The summed E-state index contributed by atoms with van der Waals surface area (Å²) in [6.07, 6.45) is 12.8. The van der Waals surface area contributed by atoms with E-state index >= 15 is 0 Å². The number of hydrogen-bond donors (Lipinski definition) is 16. The second-order valence-corrected chi connectivity index (χ2v) is 21.9. The fraction of sp³-hybridized carbons (Fsp3) is 0.222. The van der Waals surface area contributed by atoms with Crippen LogP contribution in [0.1, 0.15) is 44.5 Å². The molecule has 8 aromatic rings. The number of nitrogens with zero attached hydrogens (tertiary/aromatic N) is 8. The molecule has 16 bridgehead atoms. The Bertz CT molecular complexity index is 3350. The summed E-state index contributed by atoms with van der Waals surface area (Å²) in [5.74, 6) is 0.675. The van der Waals surface area contributed by atoms with E-state index < -0.39 is 0 Å². The molecule has 0 saturated heterocycles. The Morgan fingerprint density at radius 2 is 0.292 bits per heavy atom. The summed E-state index contributed by atoms with van der Waals surface area (Å²) in [7, 11) is 0. The molecule has 0 fully saturated rings. The highest BCUT2D eigenvalue weighted by atomic mass is 16.3. The van der Waals surface area contributed by atoms with Crippen LogP contribution in [0.15, 0.2) is 186 Å². The molecule has 96 heavy (non-hydrogen) atoms. The van der Waals surface area contributed by atoms with E-state index in [2.05, 4.69) is 82.5 Å². The van der Waals surface area contributed by atoms with E-state index in [0.717, 1.165) is 45.5 Å². The van der Waals surface area contributed by atoms with Crippen LogP contribution in [0.4, 0.5) is 45.5 Å². The summed E-state index contributed by atoms with van der Waals surface area (Å²) in [5, 5.41) is 111. The van der Waals surface area contributed by atoms with E-state index in [1.807, 2.05) is 48.5 Å². The molecule has 0 spiro atoms. The highest BCUT2D eigenvalue weighted by Crippen LogP contribution is 2.27. The molecule has 0 unspecified atom stereocenters. The molecule has 0 radical (unpaired) electrons. The van der Waals surface area contributed by atoms with Crippen LogP contribution in [0, 0.1) is 0 Å². The standard InChI is InChI=1S/C72H80N16O8/c89-65-9-1-57-33-49(65)41-73-17-18-74-43-51-35-59(3-11-67(51)91)83-27-28-84-61-5-13-69(93)53(37-61)45-77-21-22-78-47-55-39-63(7-15-71(55)95)87-31-32-88-64-8-16-72(96)56(40-64)48-80-24-23-79-46-54-38-62(6-14-70(54)94)86-30-29-85-60-4-12-68(92)52(36-60)44-76-20-19-75-42-50-34-58(2-10-66(50)90)82-26-25-81-57/h1-16,33-48,81-96H,17-32H2. The molecule has 1 heterocycles. The van der Waals surface area contributed by atoms with Crippen molar-refractivity contribution in [3.05, 3.63) is 190 Å². The number of aliphatic imine (C=N–C) groups is 8. The fourth-order valence-electron chi connectivity index (χ4n) is 9.56. The summed E-state index contributed by atoms with van der Waals surface area (Å²) in [6.45, 7) is 7.15. The molecule has 0 aliphatic carbocycles. The van der Waals surface area contributed by atoms with E-state index in [9.17, 15) is 40.9 Å². The maximum Gasteiger partial charge on any atom is 0.124 e. The summed E-state index contributed by atoms with van der Waals surface area (Å²) in [6, 6.07) is 41.6. The lowest BCUT2D eigenvalue weighted by atomic mass is 10.2. The van der Waals surface area contributed by atoms with E-state index in [4.69, 9.17) is 0 Å². The molecule has 0 amide bonds. The van der Waals surface area contributed by atoms with Crippen molar-refractivity contribution < 1.29 is 40.9 Å². The predicted octanol–water partition coefficient (Wildman–Crippen LogP) is 9.89. The quantitative estimate of drug-likeness (QED) is 0.0628. The topological polar surface area (TPSA) is 357 Å². The molecule has 8 aromatic carbocycles. The van der Waals surface area contributed by atoms with E-state index in [1.165, 1.54) is 0 Å². The van der Waals surface area contributed by atoms with Gasteiger partial charge in [0, 0.05) is 192 Å². The predicted molar refractivity (Wildman–Crippen MR) is 392 cm³/mol. The van der Waals surface area contributed by atoms with Gasteiger partial charge in [0.05, 0.1) is 52.4 Å². The zero-order chi connectivity index (χ0) is 67.1. The Morgan fingerprint density at radius 1 is 0.177 bits per heavy atom. The molecule has 9 rings (SSSR count). The first-order chi connectivity index (χ1) is 46.9. The SMILES string of the molecule is Oc1ccc2cc1C=NCCN=Cc1cc(ccc1O)NCCNc1ccc(O)c(c1)C=NCCN=Cc1cc(ccc1O)NCCNc1ccc(O)c(c1)C=NCCN=Cc1cc(ccc1O)NCCNc1ccc(O)c(c1)C=NCCN=Cc1cc(ccc1O)NCCN2. The van der Waals surface area contributed by atoms with Crippen molar-refractivity contribution in [3.8, 4) is 46.0 Å². The fourth-order valence-corrected chi connectivity index (χ4v) is 9.56. The number of rotatable bonds is 0. The number of phenols is 8. The van der Waals surface area contributed by atoms with Crippen molar-refractivity contribution in [2.75, 3.05) is 147 Å². The van der Waals surface area contributed by atoms with Gasteiger partial charge in [-0.2, -0.15) is 0 Å². The number of hydrogen-bond acceptors (Lipinski definition) is 24. The van der Waals surface area contributed by atoms with Gasteiger partial charge in [-0.05, 0) is 146 Å². The van der Waals surface area contributed by atoms with Gasteiger partial charge in [0.15, 0.2) is 0 Å². The third-order valence-corrected chi connectivity index (χ3v) is 14.6. The van der Waals surface area contributed by atoms with Crippen LogP contribution in [0.3, 0.4) is 0 Å². The van der Waals surface area contributed by atoms with Crippen LogP contribution in [-0.2, 0) is 0 Å². The molecule has 0 saturated carbocycles. The molecule has 1 aliphatic rings. The van der Waals surface area contributed by atoms with Crippen LogP contribution in [0.25, 0.3) is 0 Å². The molecule has 16 N–H and O–H groups in total. The Morgan fingerprint density at radius 3 is 0.406 bits per heavy atom. The largest absolute Gasteiger partial charge is 0.507 e. The minimum Gasteiger partial charge on any atom is -0.507 e. The van der Waals surface area contributed by atoms with Gasteiger partial charge in [0.2, 0.25) is 0 Å². The zero-order valence-electron chi connectivity index (χ0n) is 52.9. The lowest BCUT2D eigenvalue weighted by Crippen LogP contribution is -2.13. The van der Waals surface area contributed by atoms with E-state index in [-0.39, 0.29) is 46.0 Å². The minimum absolute atomic E-state index is 0.0844. The van der Waals surface area contributed by atoms with Crippen LogP contribution in [0.2, 0.25) is 0 Å². The average molecular weight is 1300 g/mol. The molecule has 24 heteroatoms. The Hall–Kier alpha value is -12.1. The Balaban J connectivity index is 0.794. The van der Waals surface area contributed by atoms with Crippen LogP contribution < -0.4 is 42.5 Å². The van der Waals surface area contributed by atoms with Crippen molar-refractivity contribution >= 4 is 95.2 Å². The first kappa shape index (κ1) is 68.3. The van der Waals surface area contributed by atoms with Crippen LogP contribution >= 0.6 is 0 Å². The van der Waals surface area contributed by atoms with Crippen LogP contribution in [-0.4, -0.2) is 195 Å². The van der Waals surface area contributed by atoms with Crippen LogP contribution in [0.5, 0.6) is 46.0 Å². The van der Waals surface area contributed by atoms with Gasteiger partial charge in [-0.15, -0.1) is 0 Å². The lowest BCUT2D eigenvalue weighted by molar-refractivity contribution is 0.474. The molecule has 24 nitrogen and oxygen atoms in total. The maximum absolute atomic E-state index is 10.6. The molecule has 1 aliphatic heterocycles. The molecule has 0 atom stereocenters. The molecular formula is C72H80N16O8. The number of benzene rings is 8. The average Bonchev–Trinajstić information content (AvgIpc) is 1.76. The number of anilines is 8. The van der Waals surface area contributed by atoms with Crippen molar-refractivity contribution in [1.29, 1.82) is 0 Å². The second-order valence-electron chi connectivity index (χ2n) is 21.9. The van der Waals surface area contributed by atoms with E-state index in [0.29, 0.717) is 149 Å². The van der Waals surface area contributed by atoms with Crippen molar-refractivity contribution in [1.82, 2.24) is 0 Å². The molecule has 0 aromatic heterocycles. The van der Waals surface area contributed by atoms with Crippen molar-refractivity contribution in [2.45, 2.75) is 0 Å². The van der Waals surface area contributed by atoms with Crippen molar-refractivity contribution in [3.63, 3.8) is 0 Å². The highest BCUT2D eigenvalue weighted by molar-refractivity contribution is 5.90. The number of phenolic OH excluding ortho intramolecular Hbond substituents is 8. The lowest BCUT2D eigenvalue weighted by Gasteiger charge is -2.11. The summed E-state index contributed by atoms with van der Waals surface area (Å²) < 4.78 is 0. The first-order valence-electron chi connectivity index (χ1n) is 31.4. The van der Waals surface area contributed by atoms with Crippen molar-refractivity contribution in [2.24, 2.45) is 39.9 Å². The molecular weight excluding hydrogens is 1220 g/mol. The third kappa shape index (κ3) is 22.1. The maximum atomic E-state index is 10.6. The summed E-state index contributed by atoms with van der Waals surface area (Å²) in [4.78, 5) is 35.8. The Kier molecular flexibility index (Phi) is 25.8. The smallest absolute Gasteiger partial charge is 0.124 e. The number of nitrogens with one attached hydrogen (secondary N) is 8. The molecule has 496 valence electrons. The summed E-state index contributed by atoms with van der Waals surface area (Å²) in [5.41, 5.74) is 10.6.